The first kappa shape index (κ1) is 17.9. The van der Waals surface area contributed by atoms with Gasteiger partial charge in [0.15, 0.2) is 0 Å². The van der Waals surface area contributed by atoms with Crippen molar-refractivity contribution < 1.29 is 9.53 Å². The molecule has 0 radical (unpaired) electrons. The summed E-state index contributed by atoms with van der Waals surface area (Å²) in [7, 11) is 1.51. The number of nitrogens with two attached hydrogens (primary N) is 1. The molecule has 1 aliphatic rings. The summed E-state index contributed by atoms with van der Waals surface area (Å²) >= 11 is 6.01. The molecule has 1 atom stereocenters. The number of carbonyl (C=O) groups is 1. The Kier molecular flexibility index (Phi) is 6.54. The van der Waals surface area contributed by atoms with E-state index < -0.39 is 0 Å². The molecule has 1 heterocycles. The third-order valence-electron chi connectivity index (χ3n) is 4.19. The van der Waals surface area contributed by atoms with Crippen LogP contribution < -0.4 is 15.8 Å². The Morgan fingerprint density at radius 2 is 2.09 bits per heavy atom. The Morgan fingerprint density at radius 3 is 2.74 bits per heavy atom. The van der Waals surface area contributed by atoms with Crippen molar-refractivity contribution in [2.45, 2.75) is 26.2 Å². The van der Waals surface area contributed by atoms with Gasteiger partial charge in [-0.15, -0.1) is 0 Å². The molecule has 3 N–H and O–H groups in total. The minimum absolute atomic E-state index is 0.186. The van der Waals surface area contributed by atoms with Gasteiger partial charge in [0.25, 0.3) is 5.91 Å². The van der Waals surface area contributed by atoms with Crippen LogP contribution in [0.3, 0.4) is 0 Å². The average molecular weight is 340 g/mol. The van der Waals surface area contributed by atoms with E-state index in [1.807, 2.05) is 0 Å². The summed E-state index contributed by atoms with van der Waals surface area (Å²) in [5.74, 6) is 0.648. The Labute approximate surface area is 143 Å². The van der Waals surface area contributed by atoms with Crippen LogP contribution in [0, 0.1) is 5.92 Å². The topological polar surface area (TPSA) is 67.6 Å². The number of nitrogens with one attached hydrogen (secondary N) is 1. The van der Waals surface area contributed by atoms with Crippen LogP contribution >= 0.6 is 11.6 Å². The molecule has 0 spiro atoms. The number of hydrogen-bond acceptors (Lipinski definition) is 4. The molecule has 1 unspecified atom stereocenters. The van der Waals surface area contributed by atoms with E-state index >= 15 is 0 Å². The van der Waals surface area contributed by atoms with Crippen molar-refractivity contribution in [3.05, 3.63) is 22.7 Å². The van der Waals surface area contributed by atoms with E-state index in [0.717, 1.165) is 6.54 Å². The number of methoxy groups -OCH3 is 1. The van der Waals surface area contributed by atoms with Gasteiger partial charge in [-0.05, 0) is 37.9 Å². The molecule has 1 amide bonds. The van der Waals surface area contributed by atoms with Gasteiger partial charge in [-0.1, -0.05) is 24.9 Å². The van der Waals surface area contributed by atoms with Gasteiger partial charge >= 0.3 is 0 Å². The minimum Gasteiger partial charge on any atom is -0.496 e. The van der Waals surface area contributed by atoms with Gasteiger partial charge in [0, 0.05) is 19.2 Å². The van der Waals surface area contributed by atoms with E-state index in [4.69, 9.17) is 22.1 Å². The summed E-state index contributed by atoms with van der Waals surface area (Å²) in [6.07, 6.45) is 3.89. The molecule has 1 fully saturated rings. The number of amides is 1. The number of ether oxygens (including phenoxy) is 1. The van der Waals surface area contributed by atoms with Crippen LogP contribution in [0.25, 0.3) is 0 Å². The second kappa shape index (κ2) is 8.41. The summed E-state index contributed by atoms with van der Waals surface area (Å²) < 4.78 is 5.22. The SMILES string of the molecule is COc1cc(N)c(Cl)cc1C(=O)NCC(C)CN1CCCCC1. The number of halogens is 1. The molecule has 1 aromatic rings. The van der Waals surface area contributed by atoms with E-state index in [0.29, 0.717) is 34.5 Å². The van der Waals surface area contributed by atoms with Gasteiger partial charge in [-0.25, -0.2) is 0 Å². The van der Waals surface area contributed by atoms with Crippen molar-refractivity contribution in [2.75, 3.05) is 39.0 Å². The molecule has 0 aliphatic carbocycles. The van der Waals surface area contributed by atoms with Crippen LogP contribution in [-0.4, -0.2) is 44.1 Å². The van der Waals surface area contributed by atoms with E-state index in [1.165, 1.54) is 39.5 Å². The van der Waals surface area contributed by atoms with E-state index in [-0.39, 0.29) is 5.91 Å². The Balaban J connectivity index is 1.90. The smallest absolute Gasteiger partial charge is 0.255 e. The monoisotopic (exact) mass is 339 g/mol. The number of rotatable bonds is 6. The van der Waals surface area contributed by atoms with Gasteiger partial charge in [0.05, 0.1) is 23.4 Å². The number of likely N-dealkylation sites (tertiary alicyclic amines) is 1. The molecule has 1 saturated heterocycles. The van der Waals surface area contributed by atoms with Gasteiger partial charge in [-0.2, -0.15) is 0 Å². The molecule has 2 rings (SSSR count). The second-order valence-corrected chi connectivity index (χ2v) is 6.66. The van der Waals surface area contributed by atoms with Crippen LogP contribution in [0.4, 0.5) is 5.69 Å². The molecule has 0 aromatic heterocycles. The van der Waals surface area contributed by atoms with Crippen molar-refractivity contribution in [1.29, 1.82) is 0 Å². The first-order chi connectivity index (χ1) is 11.0. The van der Waals surface area contributed by atoms with Crippen LogP contribution in [0.15, 0.2) is 12.1 Å². The lowest BCUT2D eigenvalue weighted by atomic mass is 10.1. The van der Waals surface area contributed by atoms with Gasteiger partial charge in [-0.3, -0.25) is 4.79 Å². The molecule has 23 heavy (non-hydrogen) atoms. The lowest BCUT2D eigenvalue weighted by Crippen LogP contribution is -2.38. The summed E-state index contributed by atoms with van der Waals surface area (Å²) in [4.78, 5) is 14.9. The minimum atomic E-state index is -0.186. The Hall–Kier alpha value is -1.46. The summed E-state index contributed by atoms with van der Waals surface area (Å²) in [6.45, 7) is 6.13. The molecule has 128 valence electrons. The predicted molar refractivity (Wildman–Crippen MR) is 94.2 cm³/mol. The fourth-order valence-electron chi connectivity index (χ4n) is 2.92. The number of carbonyl (C=O) groups excluding carboxylic acids is 1. The third-order valence-corrected chi connectivity index (χ3v) is 4.52. The number of nitrogens with zero attached hydrogens (tertiary/aromatic N) is 1. The zero-order valence-corrected chi connectivity index (χ0v) is 14.7. The molecule has 6 heteroatoms. The van der Waals surface area contributed by atoms with E-state index in [9.17, 15) is 4.79 Å². The first-order valence-corrected chi connectivity index (χ1v) is 8.52. The highest BCUT2D eigenvalue weighted by molar-refractivity contribution is 6.33. The maximum absolute atomic E-state index is 12.4. The molecule has 5 nitrogen and oxygen atoms in total. The van der Waals surface area contributed by atoms with Crippen molar-refractivity contribution >= 4 is 23.2 Å². The highest BCUT2D eigenvalue weighted by Crippen LogP contribution is 2.28. The fraction of sp³-hybridized carbons (Fsp3) is 0.588. The van der Waals surface area contributed by atoms with Crippen LogP contribution in [0.1, 0.15) is 36.5 Å². The lowest BCUT2D eigenvalue weighted by Gasteiger charge is -2.29. The standard InChI is InChI=1S/C17H26ClN3O2/c1-12(11-21-6-4-3-5-7-21)10-20-17(22)13-8-14(18)15(19)9-16(13)23-2/h8-9,12H,3-7,10-11,19H2,1-2H3,(H,20,22). The van der Waals surface area contributed by atoms with Crippen molar-refractivity contribution in [3.63, 3.8) is 0 Å². The van der Waals surface area contributed by atoms with Crippen molar-refractivity contribution in [1.82, 2.24) is 10.2 Å². The molecule has 0 bridgehead atoms. The molecule has 0 saturated carbocycles. The average Bonchev–Trinajstić information content (AvgIpc) is 2.55. The van der Waals surface area contributed by atoms with Crippen molar-refractivity contribution in [3.8, 4) is 5.75 Å². The first-order valence-electron chi connectivity index (χ1n) is 8.14. The van der Waals surface area contributed by atoms with Crippen LogP contribution in [0.5, 0.6) is 5.75 Å². The third kappa shape index (κ3) is 5.01. The number of benzene rings is 1. The Bertz CT molecular complexity index is 545. The fourth-order valence-corrected chi connectivity index (χ4v) is 3.09. The summed E-state index contributed by atoms with van der Waals surface area (Å²) in [5.41, 5.74) is 6.56. The maximum atomic E-state index is 12.4. The van der Waals surface area contributed by atoms with Crippen LogP contribution in [0.2, 0.25) is 5.02 Å². The lowest BCUT2D eigenvalue weighted by molar-refractivity contribution is 0.0939. The number of nitrogen functional groups attached to an aromatic ring is 1. The number of piperidine rings is 1. The number of hydrogen-bond donors (Lipinski definition) is 2. The summed E-state index contributed by atoms with van der Waals surface area (Å²) in [5, 5.41) is 3.32. The molecular formula is C17H26ClN3O2. The Morgan fingerprint density at radius 1 is 1.39 bits per heavy atom. The molecular weight excluding hydrogens is 314 g/mol. The molecule has 1 aliphatic heterocycles. The summed E-state index contributed by atoms with van der Waals surface area (Å²) in [6, 6.07) is 3.13. The van der Waals surface area contributed by atoms with Crippen molar-refractivity contribution in [2.24, 2.45) is 5.92 Å². The maximum Gasteiger partial charge on any atom is 0.255 e. The normalized spacial score (nSPS) is 16.8. The highest BCUT2D eigenvalue weighted by atomic mass is 35.5. The van der Waals surface area contributed by atoms with Gasteiger partial charge in [0.2, 0.25) is 0 Å². The predicted octanol–water partition coefficient (Wildman–Crippen LogP) is 2.78. The van der Waals surface area contributed by atoms with Crippen LogP contribution in [-0.2, 0) is 0 Å². The van der Waals surface area contributed by atoms with E-state index in [1.54, 1.807) is 12.1 Å². The quantitative estimate of drug-likeness (QED) is 0.782. The van der Waals surface area contributed by atoms with Gasteiger partial charge in [0.1, 0.15) is 5.75 Å². The highest BCUT2D eigenvalue weighted by Gasteiger charge is 2.17. The largest absolute Gasteiger partial charge is 0.496 e. The number of anilines is 1. The zero-order valence-electron chi connectivity index (χ0n) is 13.9. The zero-order chi connectivity index (χ0) is 16.8. The molecule has 1 aromatic carbocycles. The van der Waals surface area contributed by atoms with Gasteiger partial charge < -0.3 is 20.7 Å². The van der Waals surface area contributed by atoms with E-state index in [2.05, 4.69) is 17.1 Å². The second-order valence-electron chi connectivity index (χ2n) is 6.25.